The van der Waals surface area contributed by atoms with Crippen LogP contribution >= 0.6 is 34.8 Å². The largest absolute Gasteiger partial charge is 0.348 e. The Kier molecular flexibility index (Phi) is 7.85. The van der Waals surface area contributed by atoms with Gasteiger partial charge in [-0.1, -0.05) is 59.9 Å². The maximum Gasteiger partial charge on any atom is 0.241 e. The molecule has 0 spiro atoms. The van der Waals surface area contributed by atoms with Crippen LogP contribution in [0.4, 0.5) is 5.69 Å². The van der Waals surface area contributed by atoms with E-state index in [-0.39, 0.29) is 26.8 Å². The molecule has 1 atom stereocenters. The molecule has 0 bridgehead atoms. The summed E-state index contributed by atoms with van der Waals surface area (Å²) in [5.41, 5.74) is 3.34. The van der Waals surface area contributed by atoms with E-state index in [0.717, 1.165) is 27.3 Å². The summed E-state index contributed by atoms with van der Waals surface area (Å²) in [5.74, 6) is -0.456. The summed E-state index contributed by atoms with van der Waals surface area (Å²) in [6, 6.07) is 8.42. The molecule has 9 heteroatoms. The number of sulfonamides is 1. The zero-order valence-electron chi connectivity index (χ0n) is 16.6. The maximum absolute atomic E-state index is 12.7. The number of hydrogen-bond donors (Lipinski definition) is 1. The smallest absolute Gasteiger partial charge is 0.241 e. The third-order valence-corrected chi connectivity index (χ3v) is 6.77. The molecule has 0 heterocycles. The first-order valence-corrected chi connectivity index (χ1v) is 11.9. The van der Waals surface area contributed by atoms with Crippen LogP contribution in [-0.2, 0) is 14.8 Å². The van der Waals surface area contributed by atoms with Crippen LogP contribution in [0.15, 0.2) is 30.3 Å². The lowest BCUT2D eigenvalue weighted by molar-refractivity contribution is -0.120. The molecule has 0 radical (unpaired) electrons. The first kappa shape index (κ1) is 23.8. The average Bonchev–Trinajstić information content (AvgIpc) is 2.62. The monoisotopic (exact) mass is 476 g/mol. The number of amides is 1. The van der Waals surface area contributed by atoms with Crippen molar-refractivity contribution in [2.75, 3.05) is 17.1 Å². The molecular weight excluding hydrogens is 455 g/mol. The Bertz CT molecular complexity index is 1030. The van der Waals surface area contributed by atoms with Crippen LogP contribution < -0.4 is 9.62 Å². The number of aryl methyl sites for hydroxylation is 2. The third kappa shape index (κ3) is 6.01. The number of benzene rings is 2. The molecule has 0 aliphatic carbocycles. The normalized spacial score (nSPS) is 12.5. The standard InChI is InChI=1S/C20H23Cl3N2O3S/c1-5-18(14-7-6-12(2)13(3)8-14)24-20(26)11-25(29(4,27)28)19-10-16(22)15(21)9-17(19)23/h6-10,18H,5,11H2,1-4H3,(H,24,26). The number of nitrogens with zero attached hydrogens (tertiary/aromatic N) is 1. The van der Waals surface area contributed by atoms with Gasteiger partial charge >= 0.3 is 0 Å². The Morgan fingerprint density at radius 3 is 2.21 bits per heavy atom. The Balaban J connectivity index is 2.28. The molecule has 1 N–H and O–H groups in total. The summed E-state index contributed by atoms with van der Waals surface area (Å²) < 4.78 is 25.6. The van der Waals surface area contributed by atoms with Crippen molar-refractivity contribution < 1.29 is 13.2 Å². The van der Waals surface area contributed by atoms with Crippen LogP contribution in [0.3, 0.4) is 0 Å². The number of rotatable bonds is 7. The summed E-state index contributed by atoms with van der Waals surface area (Å²) in [5, 5.41) is 3.32. The van der Waals surface area contributed by atoms with Gasteiger partial charge < -0.3 is 5.32 Å². The van der Waals surface area contributed by atoms with Crippen molar-refractivity contribution in [3.05, 3.63) is 62.1 Å². The lowest BCUT2D eigenvalue weighted by Crippen LogP contribution is -2.41. The Labute approximate surface area is 187 Å². The van der Waals surface area contributed by atoms with Gasteiger partial charge in [0.25, 0.3) is 0 Å². The van der Waals surface area contributed by atoms with Crippen molar-refractivity contribution in [2.24, 2.45) is 0 Å². The molecule has 0 saturated carbocycles. The molecule has 0 aromatic heterocycles. The summed E-state index contributed by atoms with van der Waals surface area (Å²) in [6.45, 7) is 5.54. The van der Waals surface area contributed by atoms with Crippen molar-refractivity contribution >= 4 is 56.4 Å². The number of carbonyl (C=O) groups excluding carboxylic acids is 1. The second-order valence-corrected chi connectivity index (χ2v) is 9.99. The molecular formula is C20H23Cl3N2O3S. The van der Waals surface area contributed by atoms with Crippen molar-refractivity contribution in [2.45, 2.75) is 33.2 Å². The fourth-order valence-corrected chi connectivity index (χ4v) is 4.41. The first-order chi connectivity index (χ1) is 13.4. The van der Waals surface area contributed by atoms with Crippen LogP contribution in [0.1, 0.15) is 36.1 Å². The average molecular weight is 478 g/mol. The highest BCUT2D eigenvalue weighted by atomic mass is 35.5. The lowest BCUT2D eigenvalue weighted by Gasteiger charge is -2.25. The number of halogens is 3. The minimum Gasteiger partial charge on any atom is -0.348 e. The van der Waals surface area contributed by atoms with E-state index in [9.17, 15) is 13.2 Å². The topological polar surface area (TPSA) is 66.5 Å². The van der Waals surface area contributed by atoms with E-state index in [2.05, 4.69) is 5.32 Å². The van der Waals surface area contributed by atoms with E-state index in [1.807, 2.05) is 39.0 Å². The minimum atomic E-state index is -3.80. The molecule has 29 heavy (non-hydrogen) atoms. The fraction of sp³-hybridized carbons (Fsp3) is 0.350. The van der Waals surface area contributed by atoms with Crippen molar-refractivity contribution in [1.82, 2.24) is 5.32 Å². The van der Waals surface area contributed by atoms with Gasteiger partial charge in [-0.15, -0.1) is 0 Å². The minimum absolute atomic E-state index is 0.0822. The molecule has 0 aliphatic rings. The van der Waals surface area contributed by atoms with Gasteiger partial charge in [-0.05, 0) is 49.1 Å². The second-order valence-electron chi connectivity index (χ2n) is 6.86. The maximum atomic E-state index is 12.7. The molecule has 0 aliphatic heterocycles. The highest BCUT2D eigenvalue weighted by Crippen LogP contribution is 2.35. The van der Waals surface area contributed by atoms with Gasteiger partial charge in [0.2, 0.25) is 15.9 Å². The number of anilines is 1. The summed E-state index contributed by atoms with van der Waals surface area (Å²) in [7, 11) is -3.80. The van der Waals surface area contributed by atoms with E-state index in [0.29, 0.717) is 6.42 Å². The summed E-state index contributed by atoms with van der Waals surface area (Å²) >= 11 is 18.1. The summed E-state index contributed by atoms with van der Waals surface area (Å²) in [6.07, 6.45) is 1.65. The highest BCUT2D eigenvalue weighted by Gasteiger charge is 2.25. The molecule has 2 rings (SSSR count). The highest BCUT2D eigenvalue weighted by molar-refractivity contribution is 7.92. The molecule has 5 nitrogen and oxygen atoms in total. The Hall–Kier alpha value is -1.47. The quantitative estimate of drug-likeness (QED) is 0.550. The van der Waals surface area contributed by atoms with Crippen molar-refractivity contribution in [3.8, 4) is 0 Å². The fourth-order valence-electron chi connectivity index (χ4n) is 2.86. The number of nitrogens with one attached hydrogen (secondary N) is 1. The van der Waals surface area contributed by atoms with Gasteiger partial charge in [-0.25, -0.2) is 8.42 Å². The Morgan fingerprint density at radius 1 is 1.03 bits per heavy atom. The molecule has 0 fully saturated rings. The first-order valence-electron chi connectivity index (χ1n) is 8.92. The summed E-state index contributed by atoms with van der Waals surface area (Å²) in [4.78, 5) is 12.7. The lowest BCUT2D eigenvalue weighted by atomic mass is 9.99. The number of carbonyl (C=O) groups is 1. The predicted molar refractivity (Wildman–Crippen MR) is 121 cm³/mol. The van der Waals surface area contributed by atoms with Gasteiger partial charge in [0.05, 0.1) is 33.1 Å². The van der Waals surface area contributed by atoms with Crippen molar-refractivity contribution in [1.29, 1.82) is 0 Å². The van der Waals surface area contributed by atoms with Crippen LogP contribution in [0.5, 0.6) is 0 Å². The molecule has 1 unspecified atom stereocenters. The molecule has 1 amide bonds. The van der Waals surface area contributed by atoms with Crippen molar-refractivity contribution in [3.63, 3.8) is 0 Å². The van der Waals surface area contributed by atoms with Crippen LogP contribution in [0.25, 0.3) is 0 Å². The zero-order chi connectivity index (χ0) is 21.9. The molecule has 0 saturated heterocycles. The molecule has 2 aromatic rings. The van der Waals surface area contributed by atoms with Gasteiger partial charge in [0, 0.05) is 0 Å². The SMILES string of the molecule is CCC(NC(=O)CN(c1cc(Cl)c(Cl)cc1Cl)S(C)(=O)=O)c1ccc(C)c(C)c1. The molecule has 2 aromatic carbocycles. The second kappa shape index (κ2) is 9.56. The van der Waals surface area contributed by atoms with Gasteiger partial charge in [0.15, 0.2) is 0 Å². The van der Waals surface area contributed by atoms with E-state index in [1.54, 1.807) is 0 Å². The van der Waals surface area contributed by atoms with E-state index >= 15 is 0 Å². The van der Waals surface area contributed by atoms with Crippen LogP contribution in [0, 0.1) is 13.8 Å². The Morgan fingerprint density at radius 2 is 1.66 bits per heavy atom. The van der Waals surface area contributed by atoms with Gasteiger partial charge in [-0.2, -0.15) is 0 Å². The predicted octanol–water partition coefficient (Wildman–Crippen LogP) is 5.30. The van der Waals surface area contributed by atoms with E-state index in [1.165, 1.54) is 12.1 Å². The number of hydrogen-bond acceptors (Lipinski definition) is 3. The van der Waals surface area contributed by atoms with Crippen LogP contribution in [0.2, 0.25) is 15.1 Å². The zero-order valence-corrected chi connectivity index (χ0v) is 19.7. The van der Waals surface area contributed by atoms with E-state index in [4.69, 9.17) is 34.8 Å². The van der Waals surface area contributed by atoms with Gasteiger partial charge in [0.1, 0.15) is 6.54 Å². The van der Waals surface area contributed by atoms with E-state index < -0.39 is 22.5 Å². The van der Waals surface area contributed by atoms with Gasteiger partial charge in [-0.3, -0.25) is 9.10 Å². The molecule has 158 valence electrons. The third-order valence-electron chi connectivity index (χ3n) is 4.62. The van der Waals surface area contributed by atoms with Crippen LogP contribution in [-0.4, -0.2) is 27.1 Å².